The van der Waals surface area contributed by atoms with E-state index >= 15 is 0 Å². The molecule has 6 rings (SSSR count). The highest BCUT2D eigenvalue weighted by molar-refractivity contribution is 6.50. The molecule has 5 aromatic rings. The summed E-state index contributed by atoms with van der Waals surface area (Å²) in [5.41, 5.74) is 11.4. The molecule has 218 valence electrons. The van der Waals surface area contributed by atoms with E-state index in [1.54, 1.807) is 0 Å². The predicted octanol–water partition coefficient (Wildman–Crippen LogP) is 10.3. The highest BCUT2D eigenvalue weighted by Crippen LogP contribution is 2.48. The van der Waals surface area contributed by atoms with E-state index < -0.39 is 7.25 Å². The normalized spacial score (nSPS) is 16.3. The molecule has 1 aliphatic rings. The van der Waals surface area contributed by atoms with Crippen molar-refractivity contribution < 1.29 is 21.8 Å². The van der Waals surface area contributed by atoms with Crippen molar-refractivity contribution in [2.24, 2.45) is 0 Å². The second kappa shape index (κ2) is 12.7. The Kier molecular flexibility index (Phi) is 8.81. The summed E-state index contributed by atoms with van der Waals surface area (Å²) in [5.74, 6) is 0. The lowest BCUT2D eigenvalue weighted by Crippen LogP contribution is -2.26. The van der Waals surface area contributed by atoms with Gasteiger partial charge in [-0.05, 0) is 43.5 Å². The lowest BCUT2D eigenvalue weighted by Gasteiger charge is -2.26. The fraction of sp³-hybridized carbons (Fsp3) is 0.139. The fourth-order valence-electron chi connectivity index (χ4n) is 6.12. The summed E-state index contributed by atoms with van der Waals surface area (Å²) < 4.78 is 41.5. The molecule has 0 fully saturated rings. The van der Waals surface area contributed by atoms with Gasteiger partial charge in [-0.2, -0.15) is 0 Å². The van der Waals surface area contributed by atoms with Gasteiger partial charge in [0.25, 0.3) is 0 Å². The number of nitrogens with zero attached hydrogens (tertiary/aromatic N) is 2. The van der Waals surface area contributed by atoms with Crippen molar-refractivity contribution in [3.63, 3.8) is 0 Å². The number of aryl methyl sites for hydroxylation is 3. The molecule has 0 bridgehead atoms. The van der Waals surface area contributed by atoms with E-state index in [1.165, 1.54) is 50.3 Å². The topological polar surface area (TPSA) is 6.25 Å². The highest BCUT2D eigenvalue weighted by Gasteiger charge is 2.47. The highest BCUT2D eigenvalue weighted by atomic mass is 19.5. The minimum Gasteiger partial charge on any atom is -0.418 e. The second-order valence-corrected chi connectivity index (χ2v) is 10.8. The number of hydrogen-bond acceptors (Lipinski definition) is 1. The second-order valence-electron chi connectivity index (χ2n) is 10.8. The lowest BCUT2D eigenvalue weighted by atomic mass is 9.91. The Hall–Kier alpha value is -4.65. The predicted molar refractivity (Wildman–Crippen MR) is 170 cm³/mol. The number of anilines is 1. The van der Waals surface area contributed by atoms with E-state index in [4.69, 9.17) is 0 Å². The maximum Gasteiger partial charge on any atom is 0.673 e. The van der Waals surface area contributed by atoms with Crippen LogP contribution in [0.15, 0.2) is 127 Å². The third-order valence-corrected chi connectivity index (χ3v) is 7.59. The maximum atomic E-state index is 9.75. The average molecular weight is 580 g/mol. The molecule has 0 saturated heterocycles. The summed E-state index contributed by atoms with van der Waals surface area (Å²) in [6.07, 6.45) is 2.35. The van der Waals surface area contributed by atoms with Crippen LogP contribution in [0.4, 0.5) is 28.6 Å². The first kappa shape index (κ1) is 29.8. The van der Waals surface area contributed by atoms with Crippen LogP contribution in [0.1, 0.15) is 39.9 Å². The summed E-state index contributed by atoms with van der Waals surface area (Å²) in [6, 6.07) is 46.2. The van der Waals surface area contributed by atoms with Gasteiger partial charge in [0.05, 0.1) is 0 Å². The number of rotatable bonds is 5. The largest absolute Gasteiger partial charge is 0.673 e. The lowest BCUT2D eigenvalue weighted by molar-refractivity contribution is -0.482. The van der Waals surface area contributed by atoms with Crippen molar-refractivity contribution in [1.82, 2.24) is 0 Å². The van der Waals surface area contributed by atoms with E-state index in [0.717, 1.165) is 0 Å². The number of hydrogen-bond donors (Lipinski definition) is 0. The van der Waals surface area contributed by atoms with Crippen molar-refractivity contribution in [1.29, 1.82) is 0 Å². The average Bonchev–Trinajstić information content (AvgIpc) is 3.37. The summed E-state index contributed by atoms with van der Waals surface area (Å²) in [6.45, 7) is 6.66. The van der Waals surface area contributed by atoms with Gasteiger partial charge in [-0.15, -0.1) is 0 Å². The fourth-order valence-corrected chi connectivity index (χ4v) is 6.12. The molecule has 1 heterocycles. The molecule has 0 unspecified atom stereocenters. The van der Waals surface area contributed by atoms with E-state index in [2.05, 4.69) is 164 Å². The van der Waals surface area contributed by atoms with Crippen LogP contribution in [0.25, 0.3) is 11.1 Å². The standard InChI is InChI=1S/C36H33N2.BF4/c1-26-23-27(2)34(28(3)24-26)38-25-37(33-22-14-13-21-32(33)29-15-7-4-8-16-29)35(30-17-9-5-10-18-30)36(38)31-19-11-6-12-20-31;2-1(3,4)5/h4-25,35-36H,1-3H3;/q+1;-1/t35-,36-;/m0./s1. The first-order valence-electron chi connectivity index (χ1n) is 14.2. The minimum atomic E-state index is -6.00. The smallest absolute Gasteiger partial charge is 0.418 e. The molecule has 2 atom stereocenters. The molecule has 0 aliphatic carbocycles. The van der Waals surface area contributed by atoms with Crippen LogP contribution >= 0.6 is 0 Å². The SMILES string of the molecule is Cc1cc(C)c([N+]2=CN(c3ccccc3-c3ccccc3)[C@@H](c3ccccc3)[C@@H]2c2ccccc2)c(C)c1.F[B-](F)(F)F. The van der Waals surface area contributed by atoms with Gasteiger partial charge >= 0.3 is 7.25 Å². The zero-order valence-corrected chi connectivity index (χ0v) is 24.3. The Morgan fingerprint density at radius 2 is 1.07 bits per heavy atom. The van der Waals surface area contributed by atoms with Crippen molar-refractivity contribution in [3.05, 3.63) is 155 Å². The molecule has 1 aliphatic heterocycles. The van der Waals surface area contributed by atoms with Gasteiger partial charge in [0, 0.05) is 16.7 Å². The third kappa shape index (κ3) is 6.88. The van der Waals surface area contributed by atoms with E-state index in [0.29, 0.717) is 0 Å². The van der Waals surface area contributed by atoms with Gasteiger partial charge < -0.3 is 17.3 Å². The van der Waals surface area contributed by atoms with Gasteiger partial charge in [0.1, 0.15) is 11.4 Å². The molecule has 0 N–H and O–H groups in total. The zero-order valence-electron chi connectivity index (χ0n) is 24.3. The van der Waals surface area contributed by atoms with E-state index in [-0.39, 0.29) is 12.1 Å². The maximum absolute atomic E-state index is 9.75. The van der Waals surface area contributed by atoms with Crippen LogP contribution in [0, 0.1) is 20.8 Å². The zero-order chi connectivity index (χ0) is 30.6. The Labute approximate surface area is 250 Å². The molecule has 0 amide bonds. The van der Waals surface area contributed by atoms with Gasteiger partial charge in [0.2, 0.25) is 6.34 Å². The van der Waals surface area contributed by atoms with Gasteiger partial charge in [-0.25, -0.2) is 9.48 Å². The molecular formula is C36H33BF4N2. The first-order valence-corrected chi connectivity index (χ1v) is 14.2. The van der Waals surface area contributed by atoms with Crippen LogP contribution in [-0.4, -0.2) is 18.2 Å². The van der Waals surface area contributed by atoms with Crippen LogP contribution in [-0.2, 0) is 0 Å². The quantitative estimate of drug-likeness (QED) is 0.114. The van der Waals surface area contributed by atoms with Crippen LogP contribution in [0.5, 0.6) is 0 Å². The van der Waals surface area contributed by atoms with E-state index in [1.807, 2.05) is 0 Å². The Morgan fingerprint density at radius 1 is 0.605 bits per heavy atom. The van der Waals surface area contributed by atoms with Crippen molar-refractivity contribution in [2.45, 2.75) is 32.9 Å². The molecule has 7 heteroatoms. The van der Waals surface area contributed by atoms with Gasteiger partial charge in [0.15, 0.2) is 12.1 Å². The molecular weight excluding hydrogens is 547 g/mol. The Balaban J connectivity index is 0.000000682. The van der Waals surface area contributed by atoms with Crippen LogP contribution in [0.3, 0.4) is 0 Å². The molecule has 0 spiro atoms. The number of benzene rings is 5. The molecule has 0 aromatic heterocycles. The molecule has 0 radical (unpaired) electrons. The van der Waals surface area contributed by atoms with Crippen molar-refractivity contribution >= 4 is 25.0 Å². The van der Waals surface area contributed by atoms with Crippen LogP contribution in [0.2, 0.25) is 0 Å². The Bertz CT molecular complexity index is 1680. The van der Waals surface area contributed by atoms with Crippen LogP contribution < -0.4 is 4.90 Å². The summed E-state index contributed by atoms with van der Waals surface area (Å²) in [5, 5.41) is 0. The molecule has 5 aromatic carbocycles. The first-order chi connectivity index (χ1) is 20.6. The Morgan fingerprint density at radius 3 is 1.63 bits per heavy atom. The minimum absolute atomic E-state index is 0.0866. The molecule has 43 heavy (non-hydrogen) atoms. The summed E-state index contributed by atoms with van der Waals surface area (Å²) in [7, 11) is -6.00. The third-order valence-electron chi connectivity index (χ3n) is 7.59. The molecule has 0 saturated carbocycles. The van der Waals surface area contributed by atoms with E-state index in [9.17, 15) is 17.3 Å². The van der Waals surface area contributed by atoms with Gasteiger partial charge in [-0.3, -0.25) is 0 Å². The summed E-state index contributed by atoms with van der Waals surface area (Å²) >= 11 is 0. The van der Waals surface area contributed by atoms with Crippen molar-refractivity contribution in [3.8, 4) is 11.1 Å². The number of halogens is 4. The molecule has 2 nitrogen and oxygen atoms in total. The monoisotopic (exact) mass is 580 g/mol. The summed E-state index contributed by atoms with van der Waals surface area (Å²) in [4.78, 5) is 2.49. The van der Waals surface area contributed by atoms with Crippen molar-refractivity contribution in [2.75, 3.05) is 4.90 Å². The number of para-hydroxylation sites is 1. The van der Waals surface area contributed by atoms with Gasteiger partial charge in [-0.1, -0.05) is 127 Å².